The Balaban J connectivity index is 1.77. The fourth-order valence-electron chi connectivity index (χ4n) is 2.92. The van der Waals surface area contributed by atoms with E-state index in [2.05, 4.69) is 5.32 Å². The van der Waals surface area contributed by atoms with Gasteiger partial charge in [0.25, 0.3) is 0 Å². The summed E-state index contributed by atoms with van der Waals surface area (Å²) in [6, 6.07) is 11.1. The van der Waals surface area contributed by atoms with Crippen molar-refractivity contribution in [1.29, 1.82) is 0 Å². The number of carbonyl (C=O) groups is 1. The Labute approximate surface area is 158 Å². The van der Waals surface area contributed by atoms with Gasteiger partial charge in [-0.15, -0.1) is 0 Å². The Kier molecular flexibility index (Phi) is 5.88. The van der Waals surface area contributed by atoms with Crippen molar-refractivity contribution >= 4 is 21.6 Å². The highest BCUT2D eigenvalue weighted by Crippen LogP contribution is 2.24. The van der Waals surface area contributed by atoms with Crippen LogP contribution in [0.1, 0.15) is 11.1 Å². The highest BCUT2D eigenvalue weighted by molar-refractivity contribution is 7.89. The minimum atomic E-state index is -3.99. The molecular formula is C19H21FN2O4S. The molecular weight excluding hydrogens is 371 g/mol. The van der Waals surface area contributed by atoms with E-state index in [0.29, 0.717) is 0 Å². The van der Waals surface area contributed by atoms with Crippen molar-refractivity contribution in [2.24, 2.45) is 0 Å². The van der Waals surface area contributed by atoms with Crippen LogP contribution >= 0.6 is 0 Å². The maximum Gasteiger partial charge on any atom is 0.246 e. The van der Waals surface area contributed by atoms with E-state index >= 15 is 0 Å². The zero-order valence-electron chi connectivity index (χ0n) is 14.9. The first-order chi connectivity index (χ1) is 12.9. The Morgan fingerprint density at radius 3 is 2.63 bits per heavy atom. The molecule has 1 N–H and O–H groups in total. The summed E-state index contributed by atoms with van der Waals surface area (Å²) in [5, 5.41) is 2.64. The summed E-state index contributed by atoms with van der Waals surface area (Å²) < 4.78 is 45.9. The van der Waals surface area contributed by atoms with Crippen molar-refractivity contribution in [3.05, 3.63) is 59.4 Å². The standard InChI is InChI=1S/C19H21FN2O4S/c1-14-3-2-4-15(11-14)12-19(23)21-16-5-6-17(20)18(13-16)27(24,25)22-7-9-26-10-8-22/h2-6,11,13H,7-10,12H2,1H3,(H,21,23). The molecule has 0 saturated carbocycles. The number of sulfonamides is 1. The first-order valence-corrected chi connectivity index (χ1v) is 10.0. The number of nitrogens with zero attached hydrogens (tertiary/aromatic N) is 1. The molecule has 1 heterocycles. The maximum absolute atomic E-state index is 14.2. The van der Waals surface area contributed by atoms with Crippen LogP contribution in [-0.4, -0.2) is 44.9 Å². The van der Waals surface area contributed by atoms with Crippen LogP contribution in [0.3, 0.4) is 0 Å². The van der Waals surface area contributed by atoms with Gasteiger partial charge in [0.1, 0.15) is 10.7 Å². The lowest BCUT2D eigenvalue weighted by Gasteiger charge is -2.26. The molecule has 0 bridgehead atoms. The van der Waals surface area contributed by atoms with Crippen molar-refractivity contribution in [3.63, 3.8) is 0 Å². The van der Waals surface area contributed by atoms with Gasteiger partial charge >= 0.3 is 0 Å². The molecule has 27 heavy (non-hydrogen) atoms. The number of carbonyl (C=O) groups excluding carboxylic acids is 1. The number of hydrogen-bond donors (Lipinski definition) is 1. The van der Waals surface area contributed by atoms with Crippen LogP contribution in [0, 0.1) is 12.7 Å². The normalized spacial score (nSPS) is 15.5. The van der Waals surface area contributed by atoms with Gasteiger partial charge in [-0.05, 0) is 30.7 Å². The first-order valence-electron chi connectivity index (χ1n) is 8.59. The number of halogens is 1. The van der Waals surface area contributed by atoms with Gasteiger partial charge in [-0.3, -0.25) is 4.79 Å². The molecule has 2 aromatic rings. The monoisotopic (exact) mass is 392 g/mol. The Hall–Kier alpha value is -2.29. The zero-order valence-corrected chi connectivity index (χ0v) is 15.8. The molecule has 8 heteroatoms. The van der Waals surface area contributed by atoms with Crippen LogP contribution < -0.4 is 5.32 Å². The molecule has 1 amide bonds. The highest BCUT2D eigenvalue weighted by atomic mass is 32.2. The maximum atomic E-state index is 14.2. The number of anilines is 1. The van der Waals surface area contributed by atoms with Crippen molar-refractivity contribution in [3.8, 4) is 0 Å². The SMILES string of the molecule is Cc1cccc(CC(=O)Nc2ccc(F)c(S(=O)(=O)N3CCOCC3)c2)c1. The second kappa shape index (κ2) is 8.16. The molecule has 2 aromatic carbocycles. The smallest absolute Gasteiger partial charge is 0.246 e. The third kappa shape index (κ3) is 4.71. The average molecular weight is 392 g/mol. The Morgan fingerprint density at radius 2 is 1.93 bits per heavy atom. The molecule has 0 aromatic heterocycles. The zero-order chi connectivity index (χ0) is 19.4. The van der Waals surface area contributed by atoms with Crippen LogP contribution in [0.25, 0.3) is 0 Å². The molecule has 144 valence electrons. The van der Waals surface area contributed by atoms with E-state index in [0.717, 1.165) is 23.3 Å². The number of rotatable bonds is 5. The number of hydrogen-bond acceptors (Lipinski definition) is 4. The van der Waals surface area contributed by atoms with Crippen molar-refractivity contribution in [1.82, 2.24) is 4.31 Å². The van der Waals surface area contributed by atoms with E-state index in [1.807, 2.05) is 31.2 Å². The van der Waals surface area contributed by atoms with Gasteiger partial charge in [0.15, 0.2) is 0 Å². The van der Waals surface area contributed by atoms with Gasteiger partial charge in [-0.2, -0.15) is 4.31 Å². The van der Waals surface area contributed by atoms with Crippen LogP contribution in [0.15, 0.2) is 47.4 Å². The van der Waals surface area contributed by atoms with E-state index in [1.165, 1.54) is 10.4 Å². The van der Waals surface area contributed by atoms with E-state index in [9.17, 15) is 17.6 Å². The van der Waals surface area contributed by atoms with Crippen molar-refractivity contribution < 1.29 is 22.3 Å². The number of morpholine rings is 1. The van der Waals surface area contributed by atoms with Gasteiger partial charge in [-0.1, -0.05) is 29.8 Å². The molecule has 0 radical (unpaired) electrons. The summed E-state index contributed by atoms with van der Waals surface area (Å²) in [6.07, 6.45) is 0.143. The minimum absolute atomic E-state index is 0.143. The molecule has 1 fully saturated rings. The van der Waals surface area contributed by atoms with Crippen LogP contribution in [0.5, 0.6) is 0 Å². The fourth-order valence-corrected chi connectivity index (χ4v) is 4.42. The molecule has 1 aliphatic heterocycles. The number of amides is 1. The number of ether oxygens (including phenoxy) is 1. The van der Waals surface area contributed by atoms with Gasteiger partial charge < -0.3 is 10.1 Å². The predicted molar refractivity (Wildman–Crippen MR) is 99.5 cm³/mol. The second-order valence-corrected chi connectivity index (χ2v) is 8.28. The molecule has 3 rings (SSSR count). The Morgan fingerprint density at radius 1 is 1.19 bits per heavy atom. The van der Waals surface area contributed by atoms with Crippen LogP contribution in [0.4, 0.5) is 10.1 Å². The lowest BCUT2D eigenvalue weighted by Crippen LogP contribution is -2.40. The summed E-state index contributed by atoms with van der Waals surface area (Å²) >= 11 is 0. The summed E-state index contributed by atoms with van der Waals surface area (Å²) in [7, 11) is -3.99. The lowest BCUT2D eigenvalue weighted by atomic mass is 10.1. The number of aryl methyl sites for hydroxylation is 1. The van der Waals surface area contributed by atoms with Crippen LogP contribution in [-0.2, 0) is 26.0 Å². The van der Waals surface area contributed by atoms with Gasteiger partial charge in [0, 0.05) is 18.8 Å². The van der Waals surface area contributed by atoms with Crippen molar-refractivity contribution in [2.75, 3.05) is 31.6 Å². The van der Waals surface area contributed by atoms with Gasteiger partial charge in [0.05, 0.1) is 19.6 Å². The number of benzene rings is 2. The minimum Gasteiger partial charge on any atom is -0.379 e. The lowest BCUT2D eigenvalue weighted by molar-refractivity contribution is -0.115. The molecule has 0 aliphatic carbocycles. The molecule has 0 atom stereocenters. The molecule has 0 spiro atoms. The summed E-state index contributed by atoms with van der Waals surface area (Å²) in [4.78, 5) is 11.8. The summed E-state index contributed by atoms with van der Waals surface area (Å²) in [5.41, 5.74) is 2.12. The van der Waals surface area contributed by atoms with E-state index in [4.69, 9.17) is 4.74 Å². The third-order valence-electron chi connectivity index (χ3n) is 4.25. The quantitative estimate of drug-likeness (QED) is 0.848. The molecule has 0 unspecified atom stereocenters. The van der Waals surface area contributed by atoms with Crippen LogP contribution in [0.2, 0.25) is 0 Å². The summed E-state index contributed by atoms with van der Waals surface area (Å²) in [6.45, 7) is 2.82. The Bertz CT molecular complexity index is 940. The largest absolute Gasteiger partial charge is 0.379 e. The number of nitrogens with one attached hydrogen (secondary N) is 1. The van der Waals surface area contributed by atoms with E-state index in [1.54, 1.807) is 0 Å². The summed E-state index contributed by atoms with van der Waals surface area (Å²) in [5.74, 6) is -1.15. The van der Waals surface area contributed by atoms with Gasteiger partial charge in [-0.25, -0.2) is 12.8 Å². The molecule has 6 nitrogen and oxygen atoms in total. The molecule has 1 aliphatic rings. The van der Waals surface area contributed by atoms with Gasteiger partial charge in [0.2, 0.25) is 15.9 Å². The third-order valence-corrected chi connectivity index (χ3v) is 6.16. The molecule has 1 saturated heterocycles. The fraction of sp³-hybridized carbons (Fsp3) is 0.316. The second-order valence-electron chi connectivity index (χ2n) is 6.38. The first kappa shape index (κ1) is 19.5. The highest BCUT2D eigenvalue weighted by Gasteiger charge is 2.29. The van der Waals surface area contributed by atoms with E-state index < -0.39 is 20.7 Å². The predicted octanol–water partition coefficient (Wildman–Crippen LogP) is 2.34. The van der Waals surface area contributed by atoms with Crippen molar-refractivity contribution in [2.45, 2.75) is 18.2 Å². The topological polar surface area (TPSA) is 75.7 Å². The van der Waals surface area contributed by atoms with E-state index in [-0.39, 0.29) is 44.3 Å². The average Bonchev–Trinajstić information content (AvgIpc) is 2.64.